The third-order valence-electron chi connectivity index (χ3n) is 18.0. The quantitative estimate of drug-likeness (QED) is 0.260. The van der Waals surface area contributed by atoms with E-state index in [1.54, 1.807) is 0 Å². The van der Waals surface area contributed by atoms with Gasteiger partial charge in [0.15, 0.2) is 9.84 Å². The molecule has 6 nitrogen and oxygen atoms in total. The summed E-state index contributed by atoms with van der Waals surface area (Å²) in [6.07, 6.45) is 19.5. The first-order chi connectivity index (χ1) is 23.5. The van der Waals surface area contributed by atoms with Crippen LogP contribution in [0.25, 0.3) is 0 Å². The number of hydrogen-bond acceptors (Lipinski definition) is 5. The maximum absolute atomic E-state index is 12.4. The Morgan fingerprint density at radius 2 is 1.76 bits per heavy atom. The Morgan fingerprint density at radius 1 is 0.980 bits per heavy atom. The summed E-state index contributed by atoms with van der Waals surface area (Å²) in [5.74, 6) is 2.74. The molecule has 2 bridgehead atoms. The zero-order valence-corrected chi connectivity index (χ0v) is 32.8. The van der Waals surface area contributed by atoms with Crippen LogP contribution in [0, 0.1) is 57.2 Å². The van der Waals surface area contributed by atoms with Crippen LogP contribution in [0.4, 0.5) is 0 Å². The van der Waals surface area contributed by atoms with E-state index in [0.717, 1.165) is 45.3 Å². The number of fused-ring (bicyclic) bond motifs is 9. The van der Waals surface area contributed by atoms with Gasteiger partial charge < -0.3 is 10.4 Å². The second-order valence-electron chi connectivity index (χ2n) is 20.2. The highest BCUT2D eigenvalue weighted by atomic mass is 32.2. The van der Waals surface area contributed by atoms with Crippen molar-refractivity contribution in [3.05, 3.63) is 35.5 Å². The van der Waals surface area contributed by atoms with Crippen LogP contribution in [0.2, 0.25) is 0 Å². The number of aliphatic carboxylic acids is 1. The minimum Gasteiger partial charge on any atom is -0.481 e. The first-order valence-electron chi connectivity index (χ1n) is 20.5. The lowest BCUT2D eigenvalue weighted by atomic mass is 9.33. The third kappa shape index (κ3) is 4.96. The van der Waals surface area contributed by atoms with Gasteiger partial charge in [-0.25, -0.2) is 8.42 Å². The van der Waals surface area contributed by atoms with Crippen molar-refractivity contribution in [1.82, 2.24) is 10.2 Å². The molecule has 0 aromatic heterocycles. The molecule has 2 N–H and O–H groups in total. The number of nitrogens with zero attached hydrogens (tertiary/aromatic N) is 1. The van der Waals surface area contributed by atoms with Gasteiger partial charge in [0.25, 0.3) is 0 Å². The standard InChI is InChI=1S/C43H66N2O4S/c1-27(2)32-14-19-43(44-22-23-45-25-31-24-30(45)26-50(31,48)49)21-20-41(6)34(37(32)43)12-13-36-40(5)17-15-33(28-8-10-29(11-9-28)38(46)47)39(3,4)35(40)16-18-42(36,41)7/h8,15,29-32,34-37,44H,1,9-14,16-26H2,2-7H3,(H,46,47). The fourth-order valence-corrected chi connectivity index (χ4v) is 17.5. The van der Waals surface area contributed by atoms with Crippen molar-refractivity contribution in [2.24, 2.45) is 57.2 Å². The van der Waals surface area contributed by atoms with E-state index in [1.165, 1.54) is 68.1 Å². The number of carbonyl (C=O) groups is 1. The predicted molar refractivity (Wildman–Crippen MR) is 201 cm³/mol. The lowest BCUT2D eigenvalue weighted by Crippen LogP contribution is -2.68. The molecule has 0 aromatic carbocycles. The van der Waals surface area contributed by atoms with Crippen LogP contribution in [0.5, 0.6) is 0 Å². The van der Waals surface area contributed by atoms with E-state index in [9.17, 15) is 18.3 Å². The van der Waals surface area contributed by atoms with Crippen LogP contribution in [0.15, 0.2) is 35.5 Å². The van der Waals surface area contributed by atoms with E-state index < -0.39 is 15.8 Å². The Labute approximate surface area is 303 Å². The number of nitrogens with one attached hydrogen (secondary N) is 1. The highest BCUT2D eigenvalue weighted by Crippen LogP contribution is 2.76. The molecular formula is C43H66N2O4S. The van der Waals surface area contributed by atoms with Crippen LogP contribution in [0.1, 0.15) is 125 Å². The molecule has 6 fully saturated rings. The number of sulfone groups is 1. The Hall–Kier alpha value is -1.44. The summed E-state index contributed by atoms with van der Waals surface area (Å²) in [5, 5.41) is 13.7. The second-order valence-corrected chi connectivity index (χ2v) is 22.5. The van der Waals surface area contributed by atoms with Crippen molar-refractivity contribution in [3.63, 3.8) is 0 Å². The number of hydrogen-bond donors (Lipinski definition) is 2. The van der Waals surface area contributed by atoms with Gasteiger partial charge in [-0.05, 0) is 153 Å². The number of rotatable bonds is 7. The summed E-state index contributed by atoms with van der Waals surface area (Å²) in [6, 6.07) is 0.229. The lowest BCUT2D eigenvalue weighted by Gasteiger charge is -2.72. The second kappa shape index (κ2) is 11.8. The molecule has 2 heterocycles. The monoisotopic (exact) mass is 706 g/mol. The molecule has 0 radical (unpaired) electrons. The Kier molecular flexibility index (Phi) is 8.38. The molecule has 8 rings (SSSR count). The third-order valence-corrected chi connectivity index (χ3v) is 20.3. The van der Waals surface area contributed by atoms with Crippen molar-refractivity contribution in [1.29, 1.82) is 0 Å². The van der Waals surface area contributed by atoms with Crippen LogP contribution in [-0.2, 0) is 14.6 Å². The molecule has 7 heteroatoms. The van der Waals surface area contributed by atoms with Gasteiger partial charge in [-0.1, -0.05) is 58.9 Å². The summed E-state index contributed by atoms with van der Waals surface area (Å²) in [7, 11) is -2.86. The first kappa shape index (κ1) is 35.6. The van der Waals surface area contributed by atoms with Crippen LogP contribution in [0.3, 0.4) is 0 Å². The highest BCUT2D eigenvalue weighted by molar-refractivity contribution is 7.92. The normalized spacial score (nSPS) is 48.8. The fraction of sp³-hybridized carbons (Fsp3) is 0.837. The zero-order chi connectivity index (χ0) is 35.6. The van der Waals surface area contributed by atoms with Gasteiger partial charge in [-0.15, -0.1) is 0 Å². The molecule has 0 aromatic rings. The molecular weight excluding hydrogens is 641 g/mol. The maximum atomic E-state index is 12.4. The van der Waals surface area contributed by atoms with Crippen LogP contribution >= 0.6 is 0 Å². The number of allylic oxidation sites excluding steroid dienone is 5. The molecule has 0 amide bonds. The van der Waals surface area contributed by atoms with E-state index in [1.807, 2.05) is 0 Å². The van der Waals surface area contributed by atoms with Gasteiger partial charge in [0.05, 0.1) is 16.9 Å². The van der Waals surface area contributed by atoms with Crippen molar-refractivity contribution in [3.8, 4) is 0 Å². The summed E-state index contributed by atoms with van der Waals surface area (Å²) < 4.78 is 24.8. The lowest BCUT2D eigenvalue weighted by molar-refractivity contribution is -0.221. The Bertz CT molecular complexity index is 1610. The van der Waals surface area contributed by atoms with E-state index in [0.29, 0.717) is 52.6 Å². The van der Waals surface area contributed by atoms with E-state index in [2.05, 4.69) is 70.5 Å². The molecule has 6 aliphatic carbocycles. The smallest absolute Gasteiger partial charge is 0.306 e. The number of carboxylic acid groups (broad SMARTS) is 1. The topological polar surface area (TPSA) is 86.7 Å². The van der Waals surface area contributed by atoms with Gasteiger partial charge in [-0.3, -0.25) is 9.69 Å². The van der Waals surface area contributed by atoms with Crippen molar-refractivity contribution in [2.45, 2.75) is 142 Å². The van der Waals surface area contributed by atoms with Gasteiger partial charge >= 0.3 is 5.97 Å². The first-order valence-corrected chi connectivity index (χ1v) is 22.2. The number of likely N-dealkylation sites (tertiary alicyclic amines) is 1. The van der Waals surface area contributed by atoms with Gasteiger partial charge in [0.2, 0.25) is 0 Å². The molecule has 278 valence electrons. The van der Waals surface area contributed by atoms with Gasteiger partial charge in [-0.2, -0.15) is 0 Å². The largest absolute Gasteiger partial charge is 0.481 e. The van der Waals surface area contributed by atoms with E-state index >= 15 is 0 Å². The average Bonchev–Trinajstić information content (AvgIpc) is 3.72. The number of carboxylic acids is 1. The highest BCUT2D eigenvalue weighted by Gasteiger charge is 2.70. The Balaban J connectivity index is 1.04. The fourth-order valence-electron chi connectivity index (χ4n) is 15.4. The van der Waals surface area contributed by atoms with E-state index in [-0.39, 0.29) is 33.6 Å². The van der Waals surface area contributed by atoms with Crippen LogP contribution < -0.4 is 5.32 Å². The molecule has 2 saturated heterocycles. The van der Waals surface area contributed by atoms with Crippen molar-refractivity contribution in [2.75, 3.05) is 25.4 Å². The molecule has 12 unspecified atom stereocenters. The zero-order valence-electron chi connectivity index (χ0n) is 32.0. The Morgan fingerprint density at radius 3 is 2.40 bits per heavy atom. The maximum Gasteiger partial charge on any atom is 0.306 e. The molecule has 50 heavy (non-hydrogen) atoms. The van der Waals surface area contributed by atoms with Gasteiger partial charge in [0, 0.05) is 31.2 Å². The SMILES string of the molecule is C=C(C)C1CCC2(NCCN3CC4CC3CS4(=O)=O)CCC3(C)C(CCC4C5(C)CC=C(C6=CCC(C(=O)O)CC6)C(C)(C)C5CCC43C)C12. The molecule has 2 aliphatic heterocycles. The summed E-state index contributed by atoms with van der Waals surface area (Å²) in [4.78, 5) is 14.2. The average molecular weight is 707 g/mol. The summed E-state index contributed by atoms with van der Waals surface area (Å²) in [6.45, 7) is 22.7. The molecule has 0 spiro atoms. The predicted octanol–water partition coefficient (Wildman–Crippen LogP) is 8.20. The minimum absolute atomic E-state index is 0.0924. The van der Waals surface area contributed by atoms with Crippen molar-refractivity contribution < 1.29 is 18.3 Å². The molecule has 8 aliphatic rings. The summed E-state index contributed by atoms with van der Waals surface area (Å²) in [5.41, 5.74) is 5.47. The van der Waals surface area contributed by atoms with Gasteiger partial charge in [0.1, 0.15) is 0 Å². The van der Waals surface area contributed by atoms with Crippen molar-refractivity contribution >= 4 is 15.8 Å². The summed E-state index contributed by atoms with van der Waals surface area (Å²) >= 11 is 0. The van der Waals surface area contributed by atoms with E-state index in [4.69, 9.17) is 0 Å². The molecule has 12 atom stereocenters. The van der Waals surface area contributed by atoms with Crippen LogP contribution in [-0.4, -0.2) is 66.6 Å². The molecule has 4 saturated carbocycles. The minimum atomic E-state index is -2.86.